The van der Waals surface area contributed by atoms with E-state index < -0.39 is 0 Å². The molecule has 4 heteroatoms. The smallest absolute Gasteiger partial charge is 0.0740 e. The quantitative estimate of drug-likeness (QED) is 0.728. The third-order valence-electron chi connectivity index (χ3n) is 1.62. The fourth-order valence-electron chi connectivity index (χ4n) is 0.910. The second-order valence-electron chi connectivity index (χ2n) is 2.61. The molecule has 0 spiro atoms. The lowest BCUT2D eigenvalue weighted by molar-refractivity contribution is 1.24. The van der Waals surface area contributed by atoms with Crippen molar-refractivity contribution < 1.29 is 0 Å². The van der Waals surface area contributed by atoms with Crippen LogP contribution in [0.25, 0.3) is 6.08 Å². The Balaban J connectivity index is 2.83. The molecule has 0 fully saturated rings. The topological polar surface area (TPSA) is 64.9 Å². The number of halogens is 1. The SMILES string of the molecule is Nc1cncc(C=CCCCl)c1N. The highest BCUT2D eigenvalue weighted by Crippen LogP contribution is 2.18. The molecule has 4 N–H and O–H groups in total. The van der Waals surface area contributed by atoms with E-state index in [4.69, 9.17) is 23.1 Å². The van der Waals surface area contributed by atoms with Crippen LogP contribution in [0.1, 0.15) is 12.0 Å². The Hall–Kier alpha value is -1.22. The van der Waals surface area contributed by atoms with Crippen LogP contribution in [-0.4, -0.2) is 10.9 Å². The third kappa shape index (κ3) is 2.63. The number of rotatable bonds is 3. The Morgan fingerprint density at radius 2 is 2.15 bits per heavy atom. The highest BCUT2D eigenvalue weighted by atomic mass is 35.5. The maximum Gasteiger partial charge on any atom is 0.0740 e. The molecule has 0 amide bonds. The van der Waals surface area contributed by atoms with Gasteiger partial charge in [0.05, 0.1) is 17.6 Å². The number of hydrogen-bond donors (Lipinski definition) is 2. The normalized spacial score (nSPS) is 10.8. The summed E-state index contributed by atoms with van der Waals surface area (Å²) in [5, 5.41) is 0. The van der Waals surface area contributed by atoms with Gasteiger partial charge in [-0.2, -0.15) is 0 Å². The minimum atomic E-state index is 0.507. The van der Waals surface area contributed by atoms with E-state index in [1.54, 1.807) is 6.20 Å². The maximum absolute atomic E-state index is 5.72. The molecule has 0 aromatic carbocycles. The zero-order valence-corrected chi connectivity index (χ0v) is 7.96. The number of nitrogens with zero attached hydrogens (tertiary/aromatic N) is 1. The summed E-state index contributed by atoms with van der Waals surface area (Å²) in [5.41, 5.74) is 13.2. The maximum atomic E-state index is 5.72. The van der Waals surface area contributed by atoms with Crippen LogP contribution in [0.3, 0.4) is 0 Å². The van der Waals surface area contributed by atoms with Gasteiger partial charge in [0.15, 0.2) is 0 Å². The zero-order valence-electron chi connectivity index (χ0n) is 7.20. The second kappa shape index (κ2) is 4.72. The average molecular weight is 198 g/mol. The number of alkyl halides is 1. The molecule has 1 aromatic heterocycles. The first-order valence-corrected chi connectivity index (χ1v) is 4.50. The molecule has 0 atom stereocenters. The molecular formula is C9H12ClN3. The van der Waals surface area contributed by atoms with Gasteiger partial charge < -0.3 is 11.5 Å². The summed E-state index contributed by atoms with van der Waals surface area (Å²) in [6.07, 6.45) is 7.85. The lowest BCUT2D eigenvalue weighted by atomic mass is 10.2. The molecule has 0 aliphatic heterocycles. The van der Waals surface area contributed by atoms with Crippen LogP contribution in [0.2, 0.25) is 0 Å². The van der Waals surface area contributed by atoms with Crippen molar-refractivity contribution in [1.82, 2.24) is 4.98 Å². The van der Waals surface area contributed by atoms with E-state index in [0.29, 0.717) is 17.3 Å². The lowest BCUT2D eigenvalue weighted by Gasteiger charge is -2.01. The minimum absolute atomic E-state index is 0.507. The summed E-state index contributed by atoms with van der Waals surface area (Å²) in [6.45, 7) is 0. The van der Waals surface area contributed by atoms with Crippen molar-refractivity contribution in [2.24, 2.45) is 0 Å². The van der Waals surface area contributed by atoms with Crippen molar-refractivity contribution in [3.8, 4) is 0 Å². The van der Waals surface area contributed by atoms with Crippen molar-refractivity contribution >= 4 is 29.1 Å². The number of nitrogen functional groups attached to an aromatic ring is 2. The second-order valence-corrected chi connectivity index (χ2v) is 2.99. The molecule has 13 heavy (non-hydrogen) atoms. The van der Waals surface area contributed by atoms with Gasteiger partial charge in [0.2, 0.25) is 0 Å². The lowest BCUT2D eigenvalue weighted by Crippen LogP contribution is -1.97. The van der Waals surface area contributed by atoms with E-state index >= 15 is 0 Å². The third-order valence-corrected chi connectivity index (χ3v) is 1.84. The predicted octanol–water partition coefficient (Wildman–Crippen LogP) is 1.89. The number of anilines is 2. The van der Waals surface area contributed by atoms with Crippen molar-refractivity contribution in [1.29, 1.82) is 0 Å². The van der Waals surface area contributed by atoms with Crippen molar-refractivity contribution in [3.63, 3.8) is 0 Å². The summed E-state index contributed by atoms with van der Waals surface area (Å²) in [5.74, 6) is 0.603. The van der Waals surface area contributed by atoms with E-state index in [1.165, 1.54) is 6.20 Å². The molecule has 3 nitrogen and oxygen atoms in total. The molecule has 0 unspecified atom stereocenters. The Kier molecular flexibility index (Phi) is 3.58. The van der Waals surface area contributed by atoms with Gasteiger partial charge in [-0.05, 0) is 6.42 Å². The number of pyridine rings is 1. The van der Waals surface area contributed by atoms with Crippen molar-refractivity contribution in [2.75, 3.05) is 17.3 Å². The summed E-state index contributed by atoms with van der Waals surface area (Å²) < 4.78 is 0. The van der Waals surface area contributed by atoms with Crippen LogP contribution in [0.5, 0.6) is 0 Å². The monoisotopic (exact) mass is 197 g/mol. The summed E-state index contributed by atoms with van der Waals surface area (Å²) in [7, 11) is 0. The van der Waals surface area contributed by atoms with E-state index in [2.05, 4.69) is 4.98 Å². The van der Waals surface area contributed by atoms with E-state index in [9.17, 15) is 0 Å². The van der Waals surface area contributed by atoms with Gasteiger partial charge in [-0.15, -0.1) is 11.6 Å². The molecular weight excluding hydrogens is 186 g/mol. The fraction of sp³-hybridized carbons (Fsp3) is 0.222. The van der Waals surface area contributed by atoms with E-state index in [1.807, 2.05) is 12.2 Å². The van der Waals surface area contributed by atoms with Crippen LogP contribution >= 0.6 is 11.6 Å². The van der Waals surface area contributed by atoms with E-state index in [-0.39, 0.29) is 0 Å². The molecule has 0 saturated heterocycles. The van der Waals surface area contributed by atoms with Crippen LogP contribution in [0, 0.1) is 0 Å². The standard InChI is InChI=1S/C9H12ClN3/c10-4-2-1-3-7-5-13-6-8(11)9(7)12/h1,3,5-6H,2,4,11H2,(H2,12,13). The van der Waals surface area contributed by atoms with Crippen LogP contribution in [0.4, 0.5) is 11.4 Å². The molecule has 70 valence electrons. The molecule has 0 bridgehead atoms. The molecule has 0 aliphatic rings. The minimum Gasteiger partial charge on any atom is -0.396 e. The van der Waals surface area contributed by atoms with Gasteiger partial charge in [-0.25, -0.2) is 0 Å². The van der Waals surface area contributed by atoms with Crippen molar-refractivity contribution in [3.05, 3.63) is 24.0 Å². The zero-order chi connectivity index (χ0) is 9.68. The number of allylic oxidation sites excluding steroid dienone is 1. The van der Waals surface area contributed by atoms with Gasteiger partial charge in [0, 0.05) is 17.6 Å². The predicted molar refractivity (Wildman–Crippen MR) is 57.4 cm³/mol. The number of hydrogen-bond acceptors (Lipinski definition) is 3. The molecule has 0 radical (unpaired) electrons. The Morgan fingerprint density at radius 1 is 1.38 bits per heavy atom. The fourth-order valence-corrected chi connectivity index (χ4v) is 1.04. The molecule has 0 aliphatic carbocycles. The molecule has 1 heterocycles. The molecule has 1 rings (SSSR count). The van der Waals surface area contributed by atoms with Gasteiger partial charge in [-0.1, -0.05) is 12.2 Å². The van der Waals surface area contributed by atoms with Crippen LogP contribution in [0.15, 0.2) is 18.5 Å². The van der Waals surface area contributed by atoms with Crippen LogP contribution in [-0.2, 0) is 0 Å². The average Bonchev–Trinajstić information content (AvgIpc) is 2.13. The highest BCUT2D eigenvalue weighted by Gasteiger charge is 1.98. The van der Waals surface area contributed by atoms with Gasteiger partial charge in [0.1, 0.15) is 0 Å². The number of nitrogens with two attached hydrogens (primary N) is 2. The van der Waals surface area contributed by atoms with Gasteiger partial charge in [0.25, 0.3) is 0 Å². The Labute approximate surface area is 82.4 Å². The van der Waals surface area contributed by atoms with Crippen molar-refractivity contribution in [2.45, 2.75) is 6.42 Å². The Bertz CT molecular complexity index is 310. The first-order valence-electron chi connectivity index (χ1n) is 3.97. The first-order chi connectivity index (χ1) is 6.25. The first kappa shape index (κ1) is 9.86. The largest absolute Gasteiger partial charge is 0.396 e. The molecule has 1 aromatic rings. The van der Waals surface area contributed by atoms with Gasteiger partial charge in [-0.3, -0.25) is 4.98 Å². The summed E-state index contributed by atoms with van der Waals surface area (Å²) in [4.78, 5) is 3.93. The van der Waals surface area contributed by atoms with E-state index in [0.717, 1.165) is 12.0 Å². The van der Waals surface area contributed by atoms with Crippen LogP contribution < -0.4 is 11.5 Å². The highest BCUT2D eigenvalue weighted by molar-refractivity contribution is 6.17. The molecule has 0 saturated carbocycles. The summed E-state index contributed by atoms with van der Waals surface area (Å²) >= 11 is 5.52. The van der Waals surface area contributed by atoms with Gasteiger partial charge >= 0.3 is 0 Å². The summed E-state index contributed by atoms with van der Waals surface area (Å²) in [6, 6.07) is 0. The number of aromatic nitrogens is 1. The Morgan fingerprint density at radius 3 is 2.85 bits per heavy atom.